The normalized spacial score (nSPS) is 21.6. The summed E-state index contributed by atoms with van der Waals surface area (Å²) >= 11 is 3.35. The highest BCUT2D eigenvalue weighted by Crippen LogP contribution is 2.44. The number of likely N-dealkylation sites (tertiary alicyclic amines) is 1. The largest absolute Gasteiger partial charge is 0.391 e. The molecule has 1 aliphatic carbocycles. The topological polar surface area (TPSA) is 145 Å². The highest BCUT2D eigenvalue weighted by molar-refractivity contribution is 9.10. The summed E-state index contributed by atoms with van der Waals surface area (Å²) in [5.41, 5.74) is 13.1. The quantitative estimate of drug-likeness (QED) is 0.279. The third-order valence-electron chi connectivity index (χ3n) is 8.10. The van der Waals surface area contributed by atoms with Crippen molar-refractivity contribution in [3.63, 3.8) is 0 Å². The van der Waals surface area contributed by atoms with E-state index in [-0.39, 0.29) is 17.5 Å². The van der Waals surface area contributed by atoms with Crippen molar-refractivity contribution in [2.24, 2.45) is 17.4 Å². The van der Waals surface area contributed by atoms with E-state index in [9.17, 15) is 20.0 Å². The Morgan fingerprint density at radius 2 is 1.85 bits per heavy atom. The monoisotopic (exact) mass is 619 g/mol. The third-order valence-corrected chi connectivity index (χ3v) is 8.63. The first kappa shape index (κ1) is 28.7. The molecule has 2 aliphatic rings. The molecule has 2 fully saturated rings. The second-order valence-electron chi connectivity index (χ2n) is 10.9. The van der Waals surface area contributed by atoms with Crippen LogP contribution >= 0.6 is 15.9 Å². The molecule has 3 amide bonds. The molecule has 5 rings (SSSR count). The summed E-state index contributed by atoms with van der Waals surface area (Å²) < 4.78 is 17.5. The van der Waals surface area contributed by atoms with Crippen molar-refractivity contribution in [3.05, 3.63) is 99.3 Å². The van der Waals surface area contributed by atoms with Crippen molar-refractivity contribution in [1.29, 1.82) is 5.26 Å². The molecule has 1 heterocycles. The van der Waals surface area contributed by atoms with E-state index in [0.29, 0.717) is 29.2 Å². The number of carbonyl (C=O) groups excluding carboxylic acids is 2. The number of nitrogens with two attached hydrogens (primary N) is 2. The van der Waals surface area contributed by atoms with Crippen LogP contribution in [0.1, 0.15) is 60.4 Å². The fourth-order valence-corrected chi connectivity index (χ4v) is 5.98. The van der Waals surface area contributed by atoms with Crippen LogP contribution in [-0.2, 0) is 10.3 Å². The smallest absolute Gasteiger partial charge is 0.323 e. The Kier molecular flexibility index (Phi) is 8.13. The third kappa shape index (κ3) is 5.84. The number of carbonyl (C=O) groups is 2. The summed E-state index contributed by atoms with van der Waals surface area (Å²) in [5, 5.41) is 23.3. The lowest BCUT2D eigenvalue weighted by atomic mass is 9.77. The molecule has 6 N–H and O–H groups in total. The van der Waals surface area contributed by atoms with E-state index in [4.69, 9.17) is 11.5 Å². The Bertz CT molecular complexity index is 1510. The number of aliphatic hydroxyl groups excluding tert-OH is 1. The summed E-state index contributed by atoms with van der Waals surface area (Å²) in [6.45, 7) is 0. The number of halogens is 2. The zero-order chi connectivity index (χ0) is 29.3. The number of primary amides is 1. The fourth-order valence-electron chi connectivity index (χ4n) is 5.71. The van der Waals surface area contributed by atoms with E-state index in [1.165, 1.54) is 6.07 Å². The number of nitrogens with one attached hydrogen (secondary N) is 1. The molecular weight excluding hydrogens is 589 g/mol. The second-order valence-corrected chi connectivity index (χ2v) is 11.8. The second kappa shape index (κ2) is 11.6. The minimum Gasteiger partial charge on any atom is -0.391 e. The van der Waals surface area contributed by atoms with Crippen molar-refractivity contribution < 1.29 is 19.1 Å². The molecule has 41 heavy (non-hydrogen) atoms. The maximum absolute atomic E-state index is 16.7. The van der Waals surface area contributed by atoms with Crippen LogP contribution < -0.4 is 16.8 Å². The van der Waals surface area contributed by atoms with E-state index in [1.54, 1.807) is 60.7 Å². The summed E-state index contributed by atoms with van der Waals surface area (Å²) in [4.78, 5) is 27.0. The summed E-state index contributed by atoms with van der Waals surface area (Å²) in [5.74, 6) is -0.960. The number of urea groups is 1. The predicted octanol–water partition coefficient (Wildman–Crippen LogP) is 5.05. The lowest BCUT2D eigenvalue weighted by molar-refractivity contribution is -0.121. The number of nitrogens with zero attached hydrogens (tertiary/aromatic N) is 2. The van der Waals surface area contributed by atoms with E-state index in [2.05, 4.69) is 27.3 Å². The van der Waals surface area contributed by atoms with Gasteiger partial charge in [-0.3, -0.25) is 4.79 Å². The SMILES string of the molecule is N#Cc1cccc(C(N)(CCC2CC2)c2cccc(C3C(O)CC(C(N)=O)N3C(=O)Nc3ccc(Br)cc3)c2F)c1. The van der Waals surface area contributed by atoms with Gasteiger partial charge in [-0.15, -0.1) is 0 Å². The van der Waals surface area contributed by atoms with Crippen LogP contribution in [-0.4, -0.2) is 34.1 Å². The lowest BCUT2D eigenvalue weighted by Gasteiger charge is -2.34. The molecule has 4 unspecified atom stereocenters. The Morgan fingerprint density at radius 3 is 2.51 bits per heavy atom. The Labute approximate surface area is 246 Å². The fraction of sp³-hybridized carbons (Fsp3) is 0.323. The number of aliphatic hydroxyl groups is 1. The van der Waals surface area contributed by atoms with Gasteiger partial charge in [-0.1, -0.05) is 59.1 Å². The van der Waals surface area contributed by atoms with E-state index >= 15 is 4.39 Å². The Balaban J connectivity index is 1.57. The van der Waals surface area contributed by atoms with E-state index in [1.807, 2.05) is 0 Å². The number of hydrogen-bond donors (Lipinski definition) is 4. The van der Waals surface area contributed by atoms with Crippen LogP contribution in [0.25, 0.3) is 0 Å². The van der Waals surface area contributed by atoms with Gasteiger partial charge in [-0.05, 0) is 60.7 Å². The first-order chi connectivity index (χ1) is 19.6. The van der Waals surface area contributed by atoms with Crippen LogP contribution in [0.15, 0.2) is 71.2 Å². The molecule has 8 nitrogen and oxygen atoms in total. The molecule has 4 atom stereocenters. The van der Waals surface area contributed by atoms with Gasteiger partial charge < -0.3 is 26.8 Å². The average Bonchev–Trinajstić information content (AvgIpc) is 3.73. The first-order valence-electron chi connectivity index (χ1n) is 13.5. The Morgan fingerprint density at radius 1 is 1.15 bits per heavy atom. The average molecular weight is 621 g/mol. The highest BCUT2D eigenvalue weighted by atomic mass is 79.9. The van der Waals surface area contributed by atoms with Crippen LogP contribution in [0.3, 0.4) is 0 Å². The molecule has 3 aromatic rings. The maximum atomic E-state index is 16.7. The molecule has 0 aromatic heterocycles. The van der Waals surface area contributed by atoms with Gasteiger partial charge >= 0.3 is 6.03 Å². The summed E-state index contributed by atoms with van der Waals surface area (Å²) in [6, 6.07) is 17.5. The van der Waals surface area contributed by atoms with Gasteiger partial charge in [-0.25, -0.2) is 9.18 Å². The summed E-state index contributed by atoms with van der Waals surface area (Å²) in [7, 11) is 0. The number of rotatable bonds is 8. The van der Waals surface area contributed by atoms with Gasteiger partial charge in [0.25, 0.3) is 0 Å². The number of amides is 3. The Hall–Kier alpha value is -3.78. The predicted molar refractivity (Wildman–Crippen MR) is 156 cm³/mol. The molecule has 1 saturated carbocycles. The minimum atomic E-state index is -1.27. The van der Waals surface area contributed by atoms with E-state index < -0.39 is 41.5 Å². The molecule has 3 aromatic carbocycles. The van der Waals surface area contributed by atoms with Crippen molar-refractivity contribution in [2.75, 3.05) is 5.32 Å². The molecule has 10 heteroatoms. The minimum absolute atomic E-state index is 0.0300. The standard InChI is InChI=1S/C31H31BrFN5O3/c32-21-9-11-22(12-10-21)37-30(41)38-25(29(35)40)16-26(39)28(38)23-5-2-6-24(27(23)33)31(36,14-13-18-7-8-18)20-4-1-3-19(15-20)17-34/h1-6,9-12,15,18,25-26,28,39H,7-8,13-14,16,36H2,(H2,35,40)(H,37,41). The molecule has 212 valence electrons. The van der Waals surface area contributed by atoms with Crippen molar-refractivity contribution in [2.45, 2.75) is 55.8 Å². The first-order valence-corrected chi connectivity index (χ1v) is 14.3. The molecule has 0 radical (unpaired) electrons. The summed E-state index contributed by atoms with van der Waals surface area (Å²) in [6.07, 6.45) is 2.03. The van der Waals surface area contributed by atoms with Crippen LogP contribution in [0.5, 0.6) is 0 Å². The van der Waals surface area contributed by atoms with Gasteiger partial charge in [-0.2, -0.15) is 5.26 Å². The zero-order valence-electron chi connectivity index (χ0n) is 22.3. The van der Waals surface area contributed by atoms with Gasteiger partial charge in [0.1, 0.15) is 11.9 Å². The van der Waals surface area contributed by atoms with Gasteiger partial charge in [0.15, 0.2) is 0 Å². The van der Waals surface area contributed by atoms with Crippen molar-refractivity contribution in [1.82, 2.24) is 4.90 Å². The van der Waals surface area contributed by atoms with Crippen LogP contribution in [0.2, 0.25) is 0 Å². The van der Waals surface area contributed by atoms with Crippen molar-refractivity contribution in [3.8, 4) is 6.07 Å². The van der Waals surface area contributed by atoms with Crippen molar-refractivity contribution >= 4 is 33.6 Å². The van der Waals surface area contributed by atoms with Gasteiger partial charge in [0.05, 0.1) is 29.3 Å². The van der Waals surface area contributed by atoms with Crippen LogP contribution in [0.4, 0.5) is 14.9 Å². The molecule has 1 saturated heterocycles. The number of benzene rings is 3. The highest BCUT2D eigenvalue weighted by Gasteiger charge is 2.48. The molecule has 0 spiro atoms. The van der Waals surface area contributed by atoms with Gasteiger partial charge in [0.2, 0.25) is 5.91 Å². The molecular formula is C31H31BrFN5O3. The number of anilines is 1. The number of nitriles is 1. The van der Waals surface area contributed by atoms with Gasteiger partial charge in [0, 0.05) is 27.7 Å². The molecule has 1 aliphatic heterocycles. The lowest BCUT2D eigenvalue weighted by Crippen LogP contribution is -2.47. The number of hydrogen-bond acceptors (Lipinski definition) is 5. The molecule has 0 bridgehead atoms. The van der Waals surface area contributed by atoms with Crippen LogP contribution in [0, 0.1) is 23.1 Å². The maximum Gasteiger partial charge on any atom is 0.323 e. The zero-order valence-corrected chi connectivity index (χ0v) is 23.9. The van der Waals surface area contributed by atoms with E-state index in [0.717, 1.165) is 28.6 Å².